The summed E-state index contributed by atoms with van der Waals surface area (Å²) in [5, 5.41) is 20.4. The zero-order valence-electron chi connectivity index (χ0n) is 10.9. The second-order valence-corrected chi connectivity index (χ2v) is 4.04. The Morgan fingerprint density at radius 1 is 1.37 bits per heavy atom. The van der Waals surface area contributed by atoms with Crippen LogP contribution in [0.3, 0.4) is 0 Å². The van der Waals surface area contributed by atoms with E-state index < -0.39 is 0 Å². The van der Waals surface area contributed by atoms with Crippen LogP contribution in [0.15, 0.2) is 18.3 Å². The van der Waals surface area contributed by atoms with Crippen LogP contribution in [0.25, 0.3) is 0 Å². The molecule has 0 fully saturated rings. The van der Waals surface area contributed by atoms with Gasteiger partial charge in [0.15, 0.2) is 5.69 Å². The fourth-order valence-electron chi connectivity index (χ4n) is 1.54. The molecule has 0 bridgehead atoms. The fourth-order valence-corrected chi connectivity index (χ4v) is 1.54. The number of carbonyl (C=O) groups excluding carboxylic acids is 1. The smallest absolute Gasteiger partial charge is 0.271 e. The van der Waals surface area contributed by atoms with Gasteiger partial charge in [-0.3, -0.25) is 9.89 Å². The van der Waals surface area contributed by atoms with Crippen molar-refractivity contribution >= 4 is 11.7 Å². The lowest BCUT2D eigenvalue weighted by atomic mass is 10.2. The molecule has 0 spiro atoms. The van der Waals surface area contributed by atoms with Crippen LogP contribution in [0.2, 0.25) is 0 Å². The lowest BCUT2D eigenvalue weighted by Crippen LogP contribution is -2.24. The molecule has 2 heterocycles. The Hall–Kier alpha value is -2.44. The minimum absolute atomic E-state index is 0.216. The van der Waals surface area contributed by atoms with Crippen molar-refractivity contribution in [3.8, 4) is 0 Å². The van der Waals surface area contributed by atoms with Gasteiger partial charge >= 0.3 is 0 Å². The van der Waals surface area contributed by atoms with Crippen LogP contribution < -0.4 is 10.6 Å². The number of anilines is 1. The van der Waals surface area contributed by atoms with Gasteiger partial charge in [0.1, 0.15) is 5.82 Å². The molecule has 0 radical (unpaired) electrons. The zero-order chi connectivity index (χ0) is 13.7. The van der Waals surface area contributed by atoms with Crippen LogP contribution in [0.4, 0.5) is 5.82 Å². The first kappa shape index (κ1) is 13.0. The van der Waals surface area contributed by atoms with Crippen molar-refractivity contribution in [2.24, 2.45) is 0 Å². The Morgan fingerprint density at radius 2 is 2.21 bits per heavy atom. The third-order valence-corrected chi connectivity index (χ3v) is 2.63. The van der Waals surface area contributed by atoms with Gasteiger partial charge in [0.05, 0.1) is 6.20 Å². The molecule has 0 aliphatic rings. The van der Waals surface area contributed by atoms with E-state index in [4.69, 9.17) is 0 Å². The average molecular weight is 260 g/mol. The molecule has 19 heavy (non-hydrogen) atoms. The lowest BCUT2D eigenvalue weighted by molar-refractivity contribution is 0.0950. The number of H-pyrrole nitrogens is 1. The van der Waals surface area contributed by atoms with E-state index in [1.54, 1.807) is 18.3 Å². The first-order valence-electron chi connectivity index (χ1n) is 6.05. The molecule has 0 saturated carbocycles. The molecule has 0 atom stereocenters. The first-order chi connectivity index (χ1) is 9.20. The summed E-state index contributed by atoms with van der Waals surface area (Å²) in [5.74, 6) is 0.404. The summed E-state index contributed by atoms with van der Waals surface area (Å²) in [7, 11) is 0. The third-order valence-electron chi connectivity index (χ3n) is 2.63. The van der Waals surface area contributed by atoms with E-state index in [2.05, 4.69) is 31.0 Å². The number of rotatable bonds is 5. The van der Waals surface area contributed by atoms with E-state index in [9.17, 15) is 4.79 Å². The predicted molar refractivity (Wildman–Crippen MR) is 70.7 cm³/mol. The molecule has 0 aliphatic carbocycles. The molecule has 0 saturated heterocycles. The maximum atomic E-state index is 11.5. The number of aryl methyl sites for hydroxylation is 1. The standard InChI is InChI=1S/C12H16N6O/c1-3-13-12(19)10-4-5-11(18-17-10)14-6-9-7-15-16-8(9)2/h4-5,7H,3,6H2,1-2H3,(H,13,19)(H,14,18)(H,15,16). The number of amides is 1. The van der Waals surface area contributed by atoms with Gasteiger partial charge in [0.2, 0.25) is 0 Å². The van der Waals surface area contributed by atoms with Crippen LogP contribution >= 0.6 is 0 Å². The van der Waals surface area contributed by atoms with Crippen LogP contribution in [0.5, 0.6) is 0 Å². The van der Waals surface area contributed by atoms with Crippen molar-refractivity contribution < 1.29 is 4.79 Å². The van der Waals surface area contributed by atoms with Crippen molar-refractivity contribution in [3.05, 3.63) is 35.3 Å². The number of aromatic amines is 1. The minimum Gasteiger partial charge on any atom is -0.364 e. The molecule has 7 nitrogen and oxygen atoms in total. The topological polar surface area (TPSA) is 95.6 Å². The molecule has 7 heteroatoms. The number of nitrogens with one attached hydrogen (secondary N) is 3. The molecule has 3 N–H and O–H groups in total. The quantitative estimate of drug-likeness (QED) is 0.741. The summed E-state index contributed by atoms with van der Waals surface area (Å²) < 4.78 is 0. The van der Waals surface area contributed by atoms with Gasteiger partial charge in [-0.2, -0.15) is 5.10 Å². The molecule has 100 valence electrons. The van der Waals surface area contributed by atoms with Crippen molar-refractivity contribution in [1.82, 2.24) is 25.7 Å². The highest BCUT2D eigenvalue weighted by molar-refractivity contribution is 5.92. The van der Waals surface area contributed by atoms with Crippen molar-refractivity contribution in [2.75, 3.05) is 11.9 Å². The molecule has 0 aliphatic heterocycles. The van der Waals surface area contributed by atoms with Gasteiger partial charge in [0, 0.05) is 24.3 Å². The van der Waals surface area contributed by atoms with Crippen LogP contribution in [0.1, 0.15) is 28.7 Å². The number of aromatic nitrogens is 4. The maximum absolute atomic E-state index is 11.5. The third kappa shape index (κ3) is 3.27. The Balaban J connectivity index is 1.95. The number of carbonyl (C=O) groups is 1. The maximum Gasteiger partial charge on any atom is 0.271 e. The Morgan fingerprint density at radius 3 is 2.79 bits per heavy atom. The van der Waals surface area contributed by atoms with E-state index in [-0.39, 0.29) is 5.91 Å². The van der Waals surface area contributed by atoms with Gasteiger partial charge in [-0.05, 0) is 26.0 Å². The van der Waals surface area contributed by atoms with Crippen molar-refractivity contribution in [2.45, 2.75) is 20.4 Å². The summed E-state index contributed by atoms with van der Waals surface area (Å²) in [6, 6.07) is 3.37. The highest BCUT2D eigenvalue weighted by Crippen LogP contribution is 2.07. The average Bonchev–Trinajstić information content (AvgIpc) is 2.83. The predicted octanol–water partition coefficient (Wildman–Crippen LogP) is 0.870. The summed E-state index contributed by atoms with van der Waals surface area (Å²) in [5.41, 5.74) is 2.39. The van der Waals surface area contributed by atoms with Gasteiger partial charge in [-0.15, -0.1) is 10.2 Å². The van der Waals surface area contributed by atoms with E-state index in [1.807, 2.05) is 13.8 Å². The Kier molecular flexibility index (Phi) is 4.07. The molecular weight excluding hydrogens is 244 g/mol. The summed E-state index contributed by atoms with van der Waals surface area (Å²) >= 11 is 0. The summed E-state index contributed by atoms with van der Waals surface area (Å²) in [6.07, 6.45) is 1.76. The molecular formula is C12H16N6O. The van der Waals surface area contributed by atoms with Crippen LogP contribution in [0, 0.1) is 6.92 Å². The molecule has 2 aromatic heterocycles. The molecule has 1 amide bonds. The number of hydrogen-bond donors (Lipinski definition) is 3. The van der Waals surface area contributed by atoms with Gasteiger partial charge < -0.3 is 10.6 Å². The molecule has 2 rings (SSSR count). The SMILES string of the molecule is CCNC(=O)c1ccc(NCc2cn[nH]c2C)nn1. The molecule has 2 aromatic rings. The highest BCUT2D eigenvalue weighted by Gasteiger charge is 2.06. The zero-order valence-corrected chi connectivity index (χ0v) is 10.9. The van der Waals surface area contributed by atoms with Crippen molar-refractivity contribution in [1.29, 1.82) is 0 Å². The monoisotopic (exact) mass is 260 g/mol. The van der Waals surface area contributed by atoms with Crippen LogP contribution in [-0.4, -0.2) is 32.8 Å². The lowest BCUT2D eigenvalue weighted by Gasteiger charge is -2.05. The van der Waals surface area contributed by atoms with Crippen LogP contribution in [-0.2, 0) is 6.54 Å². The highest BCUT2D eigenvalue weighted by atomic mass is 16.1. The first-order valence-corrected chi connectivity index (χ1v) is 6.05. The summed E-state index contributed by atoms with van der Waals surface area (Å²) in [6.45, 7) is 4.99. The number of hydrogen-bond acceptors (Lipinski definition) is 5. The minimum atomic E-state index is -0.216. The van der Waals surface area contributed by atoms with Gasteiger partial charge in [-0.1, -0.05) is 0 Å². The largest absolute Gasteiger partial charge is 0.364 e. The van der Waals surface area contributed by atoms with Crippen molar-refractivity contribution in [3.63, 3.8) is 0 Å². The van der Waals surface area contributed by atoms with E-state index in [0.29, 0.717) is 24.6 Å². The molecule has 0 aromatic carbocycles. The Bertz CT molecular complexity index is 548. The normalized spacial score (nSPS) is 10.2. The van der Waals surface area contributed by atoms with E-state index in [0.717, 1.165) is 11.3 Å². The second kappa shape index (κ2) is 5.94. The van der Waals surface area contributed by atoms with E-state index >= 15 is 0 Å². The Labute approximate surface area is 110 Å². The number of nitrogens with zero attached hydrogens (tertiary/aromatic N) is 3. The van der Waals surface area contributed by atoms with Gasteiger partial charge in [-0.25, -0.2) is 0 Å². The fraction of sp³-hybridized carbons (Fsp3) is 0.333. The molecule has 0 unspecified atom stereocenters. The van der Waals surface area contributed by atoms with E-state index in [1.165, 1.54) is 0 Å². The van der Waals surface area contributed by atoms with Gasteiger partial charge in [0.25, 0.3) is 5.91 Å². The summed E-state index contributed by atoms with van der Waals surface area (Å²) in [4.78, 5) is 11.5. The second-order valence-electron chi connectivity index (χ2n) is 4.04.